The molecule has 2 N–H and O–H groups in total. The number of nitrogens with zero attached hydrogens (tertiary/aromatic N) is 1. The number of aliphatic hydroxyl groups is 1. The van der Waals surface area contributed by atoms with Gasteiger partial charge in [-0.25, -0.2) is 4.79 Å². The molecular weight excluding hydrogens is 318 g/mol. The van der Waals surface area contributed by atoms with Crippen LogP contribution in [0.1, 0.15) is 46.5 Å². The molecule has 2 saturated heterocycles. The molecule has 2 heterocycles. The molecule has 1 amide bonds. The molecule has 0 radical (unpaired) electrons. The summed E-state index contributed by atoms with van der Waals surface area (Å²) in [6, 6.07) is 0. The number of amides is 1. The third-order valence-corrected chi connectivity index (χ3v) is 5.94. The van der Waals surface area contributed by atoms with Gasteiger partial charge in [0.05, 0.1) is 12.1 Å². The van der Waals surface area contributed by atoms with Crippen LogP contribution in [0, 0.1) is 5.41 Å². The first-order chi connectivity index (χ1) is 10.6. The lowest BCUT2D eigenvalue weighted by Crippen LogP contribution is -2.64. The smallest absolute Gasteiger partial charge is 0.410 e. The molecule has 0 bridgehead atoms. The third-order valence-electron chi connectivity index (χ3n) is 4.66. The second-order valence-corrected chi connectivity index (χ2v) is 8.69. The molecule has 0 aliphatic carbocycles. The van der Waals surface area contributed by atoms with Gasteiger partial charge in [-0.1, -0.05) is 0 Å². The van der Waals surface area contributed by atoms with Gasteiger partial charge in [-0.3, -0.25) is 4.79 Å². The van der Waals surface area contributed by atoms with Gasteiger partial charge < -0.3 is 19.8 Å². The number of thioether (sulfide) groups is 1. The third kappa shape index (κ3) is 3.76. The maximum atomic E-state index is 12.3. The van der Waals surface area contributed by atoms with Crippen LogP contribution in [0.2, 0.25) is 0 Å². The Morgan fingerprint density at radius 2 is 1.91 bits per heavy atom. The molecule has 0 spiro atoms. The molecule has 2 rings (SSSR count). The Balaban J connectivity index is 2.20. The van der Waals surface area contributed by atoms with Gasteiger partial charge in [-0.2, -0.15) is 11.8 Å². The highest BCUT2D eigenvalue weighted by atomic mass is 32.2. The van der Waals surface area contributed by atoms with Crippen LogP contribution in [0.25, 0.3) is 0 Å². The summed E-state index contributed by atoms with van der Waals surface area (Å²) >= 11 is 1.57. The normalized spacial score (nSPS) is 32.4. The number of rotatable bonds is 2. The number of piperidine rings is 1. The summed E-state index contributed by atoms with van der Waals surface area (Å²) in [5.41, 5.74) is -3.20. The Kier molecular flexibility index (Phi) is 5.21. The highest BCUT2D eigenvalue weighted by Crippen LogP contribution is 2.47. The van der Waals surface area contributed by atoms with Crippen molar-refractivity contribution >= 4 is 23.8 Å². The minimum Gasteiger partial charge on any atom is -0.481 e. The van der Waals surface area contributed by atoms with Crippen LogP contribution in [-0.2, 0) is 9.53 Å². The summed E-state index contributed by atoms with van der Waals surface area (Å²) in [5, 5.41) is 21.0. The average molecular weight is 345 g/mol. The molecule has 0 aromatic carbocycles. The van der Waals surface area contributed by atoms with Gasteiger partial charge in [0.1, 0.15) is 11.0 Å². The Morgan fingerprint density at radius 3 is 2.43 bits per heavy atom. The van der Waals surface area contributed by atoms with E-state index in [-0.39, 0.29) is 6.54 Å². The van der Waals surface area contributed by atoms with E-state index in [1.807, 2.05) is 0 Å². The zero-order chi connectivity index (χ0) is 17.3. The molecule has 0 aromatic heterocycles. The van der Waals surface area contributed by atoms with Crippen molar-refractivity contribution in [2.24, 2.45) is 5.41 Å². The molecule has 23 heavy (non-hydrogen) atoms. The number of carboxylic acid groups (broad SMARTS) is 1. The summed E-state index contributed by atoms with van der Waals surface area (Å²) < 4.78 is 5.37. The van der Waals surface area contributed by atoms with Crippen molar-refractivity contribution in [1.82, 2.24) is 4.90 Å². The molecule has 2 fully saturated rings. The minimum absolute atomic E-state index is 0.0226. The Morgan fingerprint density at radius 1 is 1.22 bits per heavy atom. The van der Waals surface area contributed by atoms with Crippen LogP contribution in [0.5, 0.6) is 0 Å². The van der Waals surface area contributed by atoms with E-state index in [9.17, 15) is 19.8 Å². The van der Waals surface area contributed by atoms with Crippen LogP contribution in [0.4, 0.5) is 4.79 Å². The summed E-state index contributed by atoms with van der Waals surface area (Å²) in [5.74, 6) is 0.347. The lowest BCUT2D eigenvalue weighted by Gasteiger charge is -2.50. The summed E-state index contributed by atoms with van der Waals surface area (Å²) in [7, 11) is 0. The first-order valence-electron chi connectivity index (χ1n) is 8.11. The number of hydrogen-bond acceptors (Lipinski definition) is 5. The molecule has 2 atom stereocenters. The topological polar surface area (TPSA) is 87.1 Å². The van der Waals surface area contributed by atoms with E-state index in [2.05, 4.69) is 0 Å². The second kappa shape index (κ2) is 6.51. The molecule has 2 aliphatic rings. The molecule has 2 aliphatic heterocycles. The predicted octanol–water partition coefficient (Wildman–Crippen LogP) is 2.35. The maximum absolute atomic E-state index is 12.3. The summed E-state index contributed by atoms with van der Waals surface area (Å²) in [6.45, 7) is 5.88. The Labute approximate surface area is 141 Å². The largest absolute Gasteiger partial charge is 0.481 e. The van der Waals surface area contributed by atoms with Crippen LogP contribution in [0.15, 0.2) is 0 Å². The van der Waals surface area contributed by atoms with Gasteiger partial charge in [0.25, 0.3) is 0 Å². The molecule has 0 aromatic rings. The average Bonchev–Trinajstić information content (AvgIpc) is 2.46. The van der Waals surface area contributed by atoms with Gasteiger partial charge in [-0.15, -0.1) is 0 Å². The number of carbonyl (C=O) groups is 2. The maximum Gasteiger partial charge on any atom is 0.410 e. The highest BCUT2D eigenvalue weighted by Gasteiger charge is 2.58. The Bertz CT molecular complexity index is 470. The van der Waals surface area contributed by atoms with Crippen molar-refractivity contribution < 1.29 is 24.5 Å². The van der Waals surface area contributed by atoms with Crippen LogP contribution in [0.3, 0.4) is 0 Å². The fourth-order valence-corrected chi connectivity index (χ4v) is 4.82. The first kappa shape index (κ1) is 18.4. The van der Waals surface area contributed by atoms with Crippen molar-refractivity contribution in [2.45, 2.75) is 57.7 Å². The van der Waals surface area contributed by atoms with E-state index in [0.29, 0.717) is 31.6 Å². The number of aliphatic carboxylic acids is 1. The van der Waals surface area contributed by atoms with Crippen LogP contribution < -0.4 is 0 Å². The minimum atomic E-state index is -1.40. The lowest BCUT2D eigenvalue weighted by molar-refractivity contribution is -0.175. The number of carboxylic acids is 1. The fraction of sp³-hybridized carbons (Fsp3) is 0.875. The van der Waals surface area contributed by atoms with Crippen molar-refractivity contribution in [3.63, 3.8) is 0 Å². The van der Waals surface area contributed by atoms with Crippen LogP contribution in [-0.4, -0.2) is 63.0 Å². The zero-order valence-corrected chi connectivity index (χ0v) is 14.9. The van der Waals surface area contributed by atoms with Crippen LogP contribution >= 0.6 is 11.8 Å². The predicted molar refractivity (Wildman–Crippen MR) is 88.6 cm³/mol. The van der Waals surface area contributed by atoms with Gasteiger partial charge >= 0.3 is 12.1 Å². The van der Waals surface area contributed by atoms with E-state index >= 15 is 0 Å². The van der Waals surface area contributed by atoms with E-state index in [4.69, 9.17) is 4.74 Å². The van der Waals surface area contributed by atoms with Crippen molar-refractivity contribution in [2.75, 3.05) is 24.6 Å². The molecule has 132 valence electrons. The number of ether oxygens (including phenoxy) is 1. The van der Waals surface area contributed by atoms with E-state index < -0.39 is 28.7 Å². The van der Waals surface area contributed by atoms with Crippen molar-refractivity contribution in [3.05, 3.63) is 0 Å². The van der Waals surface area contributed by atoms with Gasteiger partial charge in [-0.05, 0) is 52.2 Å². The van der Waals surface area contributed by atoms with Gasteiger partial charge in [0, 0.05) is 12.3 Å². The summed E-state index contributed by atoms with van der Waals surface area (Å²) in [6.07, 6.45) is 1.72. The van der Waals surface area contributed by atoms with Crippen molar-refractivity contribution in [1.29, 1.82) is 0 Å². The highest BCUT2D eigenvalue weighted by molar-refractivity contribution is 7.99. The fourth-order valence-electron chi connectivity index (χ4n) is 3.44. The molecule has 2 unspecified atom stereocenters. The number of likely N-dealkylation sites (tertiary alicyclic amines) is 1. The lowest BCUT2D eigenvalue weighted by atomic mass is 9.66. The van der Waals surface area contributed by atoms with Crippen molar-refractivity contribution in [3.8, 4) is 0 Å². The summed E-state index contributed by atoms with van der Waals surface area (Å²) in [4.78, 5) is 25.7. The van der Waals surface area contributed by atoms with E-state index in [0.717, 1.165) is 12.2 Å². The molecule has 6 nitrogen and oxygen atoms in total. The van der Waals surface area contributed by atoms with E-state index in [1.165, 1.54) is 4.90 Å². The first-order valence-corrected chi connectivity index (χ1v) is 9.27. The SMILES string of the molecule is CC(C)(C)OC(=O)N1CCCC(O)(C2(C(=O)O)CCCSC2)C1. The zero-order valence-electron chi connectivity index (χ0n) is 14.1. The monoisotopic (exact) mass is 345 g/mol. The van der Waals surface area contributed by atoms with E-state index in [1.54, 1.807) is 32.5 Å². The standard InChI is InChI=1S/C16H27NO5S/c1-14(2,3)22-13(20)17-8-4-7-16(21,10-17)15(12(18)19)6-5-9-23-11-15/h21H,4-11H2,1-3H3,(H,18,19). The molecular formula is C16H27NO5S. The quantitative estimate of drug-likeness (QED) is 0.799. The Hall–Kier alpha value is -0.950. The number of hydrogen-bond donors (Lipinski definition) is 2. The van der Waals surface area contributed by atoms with Gasteiger partial charge in [0.2, 0.25) is 0 Å². The molecule has 7 heteroatoms. The second-order valence-electron chi connectivity index (χ2n) is 7.58. The molecule has 0 saturated carbocycles. The number of carbonyl (C=O) groups excluding carboxylic acids is 1. The van der Waals surface area contributed by atoms with Gasteiger partial charge in [0.15, 0.2) is 0 Å². The number of β-amino-alcohol motifs (C(OH)–C–C–N with tert-alkyl or cyclic N) is 1.